The van der Waals surface area contributed by atoms with Gasteiger partial charge in [-0.1, -0.05) is 39.0 Å². The second-order valence-electron chi connectivity index (χ2n) is 6.18. The smallest absolute Gasteiger partial charge is 0.237 e. The van der Waals surface area contributed by atoms with E-state index in [9.17, 15) is 4.79 Å². The average molecular weight is 277 g/mol. The number of aryl methyl sites for hydroxylation is 1. The standard InChI is InChI=1S/C16H23NOS/c1-12-9-10-13-7-5-6-8-14(13)17(12)15(18)11-19-16(2,3)4/h5-8,12H,9-11H2,1-4H3. The van der Waals surface area contributed by atoms with E-state index in [0.29, 0.717) is 11.8 Å². The van der Waals surface area contributed by atoms with Crippen molar-refractivity contribution in [2.24, 2.45) is 0 Å². The number of amides is 1. The van der Waals surface area contributed by atoms with Gasteiger partial charge >= 0.3 is 0 Å². The van der Waals surface area contributed by atoms with Crippen molar-refractivity contribution in [3.63, 3.8) is 0 Å². The first-order valence-electron chi connectivity index (χ1n) is 6.92. The van der Waals surface area contributed by atoms with Crippen LogP contribution in [-0.4, -0.2) is 22.4 Å². The summed E-state index contributed by atoms with van der Waals surface area (Å²) in [5.41, 5.74) is 2.41. The van der Waals surface area contributed by atoms with Crippen LogP contribution in [0.1, 0.15) is 39.7 Å². The van der Waals surface area contributed by atoms with Crippen LogP contribution in [0.3, 0.4) is 0 Å². The van der Waals surface area contributed by atoms with Crippen molar-refractivity contribution in [3.05, 3.63) is 29.8 Å². The molecule has 2 rings (SSSR count). The number of para-hydroxylation sites is 1. The van der Waals surface area contributed by atoms with Crippen molar-refractivity contribution in [3.8, 4) is 0 Å². The molecule has 0 aromatic heterocycles. The van der Waals surface area contributed by atoms with Crippen molar-refractivity contribution in [2.75, 3.05) is 10.7 Å². The Hall–Kier alpha value is -0.960. The highest BCUT2D eigenvalue weighted by Crippen LogP contribution is 2.32. The average Bonchev–Trinajstić information content (AvgIpc) is 2.35. The number of benzene rings is 1. The van der Waals surface area contributed by atoms with Gasteiger partial charge < -0.3 is 4.90 Å². The van der Waals surface area contributed by atoms with Gasteiger partial charge in [-0.2, -0.15) is 0 Å². The third-order valence-corrected chi connectivity index (χ3v) is 4.68. The number of rotatable bonds is 2. The van der Waals surface area contributed by atoms with Crippen molar-refractivity contribution in [1.82, 2.24) is 0 Å². The molecular weight excluding hydrogens is 254 g/mol. The number of thioether (sulfide) groups is 1. The van der Waals surface area contributed by atoms with Crippen LogP contribution in [0.2, 0.25) is 0 Å². The number of nitrogens with zero attached hydrogens (tertiary/aromatic N) is 1. The Morgan fingerprint density at radius 2 is 2.05 bits per heavy atom. The number of anilines is 1. The van der Waals surface area contributed by atoms with Gasteiger partial charge in [-0.15, -0.1) is 11.8 Å². The van der Waals surface area contributed by atoms with Crippen LogP contribution in [0.5, 0.6) is 0 Å². The molecule has 1 atom stereocenters. The maximum Gasteiger partial charge on any atom is 0.237 e. The quantitative estimate of drug-likeness (QED) is 0.817. The number of fused-ring (bicyclic) bond motifs is 1. The Balaban J connectivity index is 2.17. The topological polar surface area (TPSA) is 20.3 Å². The van der Waals surface area contributed by atoms with Gasteiger partial charge in [-0.05, 0) is 31.4 Å². The van der Waals surface area contributed by atoms with Gasteiger partial charge in [0.15, 0.2) is 0 Å². The zero-order chi connectivity index (χ0) is 14.0. The SMILES string of the molecule is CC1CCc2ccccc2N1C(=O)CSC(C)(C)C. The zero-order valence-electron chi connectivity index (χ0n) is 12.3. The Morgan fingerprint density at radius 1 is 1.37 bits per heavy atom. The highest BCUT2D eigenvalue weighted by molar-refractivity contribution is 8.01. The summed E-state index contributed by atoms with van der Waals surface area (Å²) in [6, 6.07) is 8.60. The molecule has 0 radical (unpaired) electrons. The first-order valence-corrected chi connectivity index (χ1v) is 7.91. The van der Waals surface area contributed by atoms with Crippen molar-refractivity contribution >= 4 is 23.4 Å². The monoisotopic (exact) mass is 277 g/mol. The molecule has 0 fully saturated rings. The molecule has 19 heavy (non-hydrogen) atoms. The molecule has 0 saturated heterocycles. The van der Waals surface area contributed by atoms with Crippen LogP contribution >= 0.6 is 11.8 Å². The molecule has 1 unspecified atom stereocenters. The van der Waals surface area contributed by atoms with Crippen LogP contribution in [0.25, 0.3) is 0 Å². The van der Waals surface area contributed by atoms with E-state index in [2.05, 4.69) is 45.9 Å². The Morgan fingerprint density at radius 3 is 2.74 bits per heavy atom. The largest absolute Gasteiger partial charge is 0.309 e. The molecule has 1 aliphatic rings. The lowest BCUT2D eigenvalue weighted by atomic mass is 9.97. The number of carbonyl (C=O) groups is 1. The molecule has 0 bridgehead atoms. The van der Waals surface area contributed by atoms with Gasteiger partial charge in [0.25, 0.3) is 0 Å². The van der Waals surface area contributed by atoms with Crippen LogP contribution in [0, 0.1) is 0 Å². The summed E-state index contributed by atoms with van der Waals surface area (Å²) in [6.07, 6.45) is 2.14. The summed E-state index contributed by atoms with van der Waals surface area (Å²) < 4.78 is 0.133. The van der Waals surface area contributed by atoms with E-state index in [-0.39, 0.29) is 10.7 Å². The molecule has 1 aromatic carbocycles. The van der Waals surface area contributed by atoms with Crippen molar-refractivity contribution < 1.29 is 4.79 Å². The lowest BCUT2D eigenvalue weighted by Crippen LogP contribution is -2.43. The van der Waals surface area contributed by atoms with Gasteiger partial charge in [0, 0.05) is 16.5 Å². The van der Waals surface area contributed by atoms with Gasteiger partial charge in [0.2, 0.25) is 5.91 Å². The third-order valence-electron chi connectivity index (χ3n) is 3.42. The minimum absolute atomic E-state index is 0.133. The predicted molar refractivity (Wildman–Crippen MR) is 83.9 cm³/mol. The minimum Gasteiger partial charge on any atom is -0.309 e. The molecule has 3 heteroatoms. The fraction of sp³-hybridized carbons (Fsp3) is 0.562. The van der Waals surface area contributed by atoms with E-state index in [1.165, 1.54) is 5.56 Å². The molecule has 1 amide bonds. The summed E-state index contributed by atoms with van der Waals surface area (Å²) in [6.45, 7) is 8.60. The third kappa shape index (κ3) is 3.53. The van der Waals surface area contributed by atoms with Crippen LogP contribution in [-0.2, 0) is 11.2 Å². The number of hydrogen-bond donors (Lipinski definition) is 0. The first kappa shape index (κ1) is 14.4. The number of carbonyl (C=O) groups excluding carboxylic acids is 1. The molecule has 2 nitrogen and oxygen atoms in total. The summed E-state index contributed by atoms with van der Waals surface area (Å²) in [5, 5.41) is 0. The second kappa shape index (κ2) is 5.58. The molecule has 1 aliphatic heterocycles. The lowest BCUT2D eigenvalue weighted by molar-refractivity contribution is -0.116. The second-order valence-corrected chi connectivity index (χ2v) is 7.98. The van der Waals surface area contributed by atoms with E-state index in [1.807, 2.05) is 11.0 Å². The van der Waals surface area contributed by atoms with E-state index >= 15 is 0 Å². The van der Waals surface area contributed by atoms with Crippen LogP contribution in [0.15, 0.2) is 24.3 Å². The van der Waals surface area contributed by atoms with Gasteiger partial charge in [-0.3, -0.25) is 4.79 Å². The number of hydrogen-bond acceptors (Lipinski definition) is 2. The molecule has 0 spiro atoms. The van der Waals surface area contributed by atoms with Crippen molar-refractivity contribution in [1.29, 1.82) is 0 Å². The molecule has 104 valence electrons. The fourth-order valence-corrected chi connectivity index (χ4v) is 3.11. The van der Waals surface area contributed by atoms with E-state index in [1.54, 1.807) is 11.8 Å². The summed E-state index contributed by atoms with van der Waals surface area (Å²) >= 11 is 1.72. The lowest BCUT2D eigenvalue weighted by Gasteiger charge is -2.35. The van der Waals surface area contributed by atoms with Crippen LogP contribution < -0.4 is 4.90 Å². The normalized spacial score (nSPS) is 19.2. The van der Waals surface area contributed by atoms with Crippen LogP contribution in [0.4, 0.5) is 5.69 Å². The Labute approximate surface area is 120 Å². The minimum atomic E-state index is 0.133. The van der Waals surface area contributed by atoms with E-state index < -0.39 is 0 Å². The zero-order valence-corrected chi connectivity index (χ0v) is 13.1. The summed E-state index contributed by atoms with van der Waals surface area (Å²) in [7, 11) is 0. The maximum absolute atomic E-state index is 12.5. The van der Waals surface area contributed by atoms with E-state index in [0.717, 1.165) is 18.5 Å². The first-order chi connectivity index (χ1) is 8.88. The maximum atomic E-state index is 12.5. The van der Waals surface area contributed by atoms with Gasteiger partial charge in [0.1, 0.15) is 0 Å². The predicted octanol–water partition coefficient (Wildman–Crippen LogP) is 3.89. The molecular formula is C16H23NOS. The highest BCUT2D eigenvalue weighted by atomic mass is 32.2. The fourth-order valence-electron chi connectivity index (χ4n) is 2.42. The summed E-state index contributed by atoms with van der Waals surface area (Å²) in [4.78, 5) is 14.5. The van der Waals surface area contributed by atoms with Crippen molar-refractivity contribution in [2.45, 2.75) is 51.3 Å². The van der Waals surface area contributed by atoms with Gasteiger partial charge in [-0.25, -0.2) is 0 Å². The Kier molecular flexibility index (Phi) is 4.24. The molecule has 1 heterocycles. The molecule has 1 aromatic rings. The molecule has 0 saturated carbocycles. The molecule has 0 N–H and O–H groups in total. The summed E-state index contributed by atoms with van der Waals surface area (Å²) in [5.74, 6) is 0.793. The van der Waals surface area contributed by atoms with E-state index in [4.69, 9.17) is 0 Å². The van der Waals surface area contributed by atoms with Gasteiger partial charge in [0.05, 0.1) is 5.75 Å². The highest BCUT2D eigenvalue weighted by Gasteiger charge is 2.28. The Bertz CT molecular complexity index is 464. The molecule has 0 aliphatic carbocycles.